The van der Waals surface area contributed by atoms with Gasteiger partial charge in [-0.2, -0.15) is 0 Å². The Morgan fingerprint density at radius 1 is 1.21 bits per heavy atom. The van der Waals surface area contributed by atoms with Crippen LogP contribution in [0.3, 0.4) is 0 Å². The molecular formula is C14H14ClFN2O. The van der Waals surface area contributed by atoms with Crippen LogP contribution >= 0.6 is 11.6 Å². The topological polar surface area (TPSA) is 35.0 Å². The van der Waals surface area contributed by atoms with Crippen LogP contribution in [0.25, 0.3) is 11.3 Å². The van der Waals surface area contributed by atoms with Crippen molar-refractivity contribution in [3.05, 3.63) is 41.1 Å². The van der Waals surface area contributed by atoms with Gasteiger partial charge in [-0.05, 0) is 18.2 Å². The molecule has 1 heterocycles. The number of halogens is 2. The smallest absolute Gasteiger partial charge is 0.133 e. The molecule has 19 heavy (non-hydrogen) atoms. The number of methoxy groups -OCH3 is 1. The summed E-state index contributed by atoms with van der Waals surface area (Å²) < 4.78 is 18.6. The van der Waals surface area contributed by atoms with Crippen molar-refractivity contribution in [1.82, 2.24) is 9.97 Å². The number of ether oxygens (including phenoxy) is 1. The molecule has 3 nitrogen and oxygen atoms in total. The first-order chi connectivity index (χ1) is 9.01. The van der Waals surface area contributed by atoms with Crippen LogP contribution in [-0.4, -0.2) is 17.1 Å². The van der Waals surface area contributed by atoms with Crippen LogP contribution in [0.4, 0.5) is 4.39 Å². The summed E-state index contributed by atoms with van der Waals surface area (Å²) in [6.45, 7) is 3.94. The van der Waals surface area contributed by atoms with Gasteiger partial charge in [-0.1, -0.05) is 25.4 Å². The zero-order valence-corrected chi connectivity index (χ0v) is 11.7. The maximum absolute atomic E-state index is 13.4. The average molecular weight is 281 g/mol. The molecule has 0 N–H and O–H groups in total. The summed E-state index contributed by atoms with van der Waals surface area (Å²) in [5.74, 6) is 0.952. The first kappa shape index (κ1) is 13.7. The van der Waals surface area contributed by atoms with Gasteiger partial charge in [0.2, 0.25) is 0 Å². The molecule has 5 heteroatoms. The van der Waals surface area contributed by atoms with Crippen molar-refractivity contribution in [2.24, 2.45) is 0 Å². The molecule has 0 atom stereocenters. The standard InChI is InChI=1S/C14H14ClFN2O/c1-8(2)14-17-11(7-13(15)18-14)10-6-9(16)4-5-12(10)19-3/h4-8H,1-3H3. The minimum Gasteiger partial charge on any atom is -0.496 e. The van der Waals surface area contributed by atoms with Crippen molar-refractivity contribution in [1.29, 1.82) is 0 Å². The summed E-state index contributed by atoms with van der Waals surface area (Å²) in [7, 11) is 1.53. The van der Waals surface area contributed by atoms with E-state index in [9.17, 15) is 4.39 Å². The zero-order valence-electron chi connectivity index (χ0n) is 10.9. The van der Waals surface area contributed by atoms with E-state index in [2.05, 4.69) is 9.97 Å². The second-order valence-corrected chi connectivity index (χ2v) is 4.82. The van der Waals surface area contributed by atoms with Crippen LogP contribution < -0.4 is 4.74 Å². The predicted octanol–water partition coefficient (Wildman–Crippen LogP) is 4.07. The van der Waals surface area contributed by atoms with E-state index in [-0.39, 0.29) is 11.7 Å². The van der Waals surface area contributed by atoms with Gasteiger partial charge in [0, 0.05) is 17.5 Å². The third-order valence-electron chi connectivity index (χ3n) is 2.67. The summed E-state index contributed by atoms with van der Waals surface area (Å²) >= 11 is 5.99. The second kappa shape index (κ2) is 5.53. The van der Waals surface area contributed by atoms with E-state index in [1.165, 1.54) is 19.2 Å². The average Bonchev–Trinajstić information content (AvgIpc) is 2.37. The van der Waals surface area contributed by atoms with Gasteiger partial charge in [0.15, 0.2) is 0 Å². The van der Waals surface area contributed by atoms with Crippen molar-refractivity contribution in [3.63, 3.8) is 0 Å². The summed E-state index contributed by atoms with van der Waals surface area (Å²) in [6, 6.07) is 5.89. The quantitative estimate of drug-likeness (QED) is 0.795. The third kappa shape index (κ3) is 3.01. The molecule has 2 rings (SSSR count). The van der Waals surface area contributed by atoms with Crippen molar-refractivity contribution < 1.29 is 9.13 Å². The molecule has 0 aliphatic heterocycles. The van der Waals surface area contributed by atoms with Gasteiger partial charge in [-0.15, -0.1) is 0 Å². The van der Waals surface area contributed by atoms with Gasteiger partial charge in [-0.3, -0.25) is 0 Å². The molecule has 0 spiro atoms. The maximum atomic E-state index is 13.4. The summed E-state index contributed by atoms with van der Waals surface area (Å²) in [5.41, 5.74) is 1.12. The van der Waals surface area contributed by atoms with E-state index in [0.29, 0.717) is 28.0 Å². The second-order valence-electron chi connectivity index (χ2n) is 4.43. The Morgan fingerprint density at radius 2 is 1.95 bits per heavy atom. The van der Waals surface area contributed by atoms with Crippen LogP contribution in [0.15, 0.2) is 24.3 Å². The Labute approximate surface area is 116 Å². The van der Waals surface area contributed by atoms with E-state index in [1.54, 1.807) is 12.1 Å². The molecule has 1 aromatic heterocycles. The summed E-state index contributed by atoms with van der Waals surface area (Å²) in [6.07, 6.45) is 0. The molecule has 0 saturated carbocycles. The normalized spacial score (nSPS) is 10.8. The molecule has 0 bridgehead atoms. The minimum atomic E-state index is -0.350. The van der Waals surface area contributed by atoms with E-state index >= 15 is 0 Å². The monoisotopic (exact) mass is 280 g/mol. The van der Waals surface area contributed by atoms with Gasteiger partial charge in [0.1, 0.15) is 22.5 Å². The van der Waals surface area contributed by atoms with Crippen molar-refractivity contribution in [2.75, 3.05) is 7.11 Å². The number of nitrogens with zero attached hydrogens (tertiary/aromatic N) is 2. The van der Waals surface area contributed by atoms with E-state index in [0.717, 1.165) is 0 Å². The highest BCUT2D eigenvalue weighted by atomic mass is 35.5. The largest absolute Gasteiger partial charge is 0.496 e. The Kier molecular flexibility index (Phi) is 4.00. The van der Waals surface area contributed by atoms with Crippen molar-refractivity contribution in [3.8, 4) is 17.0 Å². The Balaban J connectivity index is 2.61. The fraction of sp³-hybridized carbons (Fsp3) is 0.286. The molecule has 2 aromatic rings. The number of rotatable bonds is 3. The first-order valence-corrected chi connectivity index (χ1v) is 6.27. The fourth-order valence-corrected chi connectivity index (χ4v) is 1.90. The highest BCUT2D eigenvalue weighted by molar-refractivity contribution is 6.29. The lowest BCUT2D eigenvalue weighted by atomic mass is 10.1. The number of hydrogen-bond acceptors (Lipinski definition) is 3. The van der Waals surface area contributed by atoms with Crippen LogP contribution in [0.1, 0.15) is 25.6 Å². The summed E-state index contributed by atoms with van der Waals surface area (Å²) in [4.78, 5) is 8.57. The first-order valence-electron chi connectivity index (χ1n) is 5.89. The number of hydrogen-bond donors (Lipinski definition) is 0. The highest BCUT2D eigenvalue weighted by Crippen LogP contribution is 2.31. The van der Waals surface area contributed by atoms with E-state index in [1.807, 2.05) is 13.8 Å². The van der Waals surface area contributed by atoms with Crippen LogP contribution in [0, 0.1) is 5.82 Å². The molecular weight excluding hydrogens is 267 g/mol. The molecule has 0 fully saturated rings. The van der Waals surface area contributed by atoms with Gasteiger partial charge in [-0.25, -0.2) is 14.4 Å². The molecule has 0 aliphatic rings. The minimum absolute atomic E-state index is 0.136. The Bertz CT molecular complexity index is 602. The lowest BCUT2D eigenvalue weighted by Gasteiger charge is -2.11. The van der Waals surface area contributed by atoms with Crippen LogP contribution in [0.2, 0.25) is 5.15 Å². The molecule has 100 valence electrons. The molecule has 0 unspecified atom stereocenters. The third-order valence-corrected chi connectivity index (χ3v) is 2.86. The van der Waals surface area contributed by atoms with Gasteiger partial charge in [0.25, 0.3) is 0 Å². The Hall–Kier alpha value is -1.68. The molecule has 0 radical (unpaired) electrons. The van der Waals surface area contributed by atoms with Gasteiger partial charge in [0.05, 0.1) is 12.8 Å². The van der Waals surface area contributed by atoms with Crippen molar-refractivity contribution >= 4 is 11.6 Å². The van der Waals surface area contributed by atoms with Gasteiger partial charge < -0.3 is 4.74 Å². The zero-order chi connectivity index (χ0) is 14.0. The molecule has 0 amide bonds. The van der Waals surface area contributed by atoms with Crippen molar-refractivity contribution in [2.45, 2.75) is 19.8 Å². The molecule has 1 aromatic carbocycles. The van der Waals surface area contributed by atoms with E-state index < -0.39 is 0 Å². The van der Waals surface area contributed by atoms with Gasteiger partial charge >= 0.3 is 0 Å². The predicted molar refractivity (Wildman–Crippen MR) is 73.1 cm³/mol. The number of aromatic nitrogens is 2. The fourth-order valence-electron chi connectivity index (χ4n) is 1.71. The SMILES string of the molecule is COc1ccc(F)cc1-c1cc(Cl)nc(C(C)C)n1. The Morgan fingerprint density at radius 3 is 2.58 bits per heavy atom. The lowest BCUT2D eigenvalue weighted by Crippen LogP contribution is -2.00. The lowest BCUT2D eigenvalue weighted by molar-refractivity contribution is 0.415. The summed E-state index contributed by atoms with van der Waals surface area (Å²) in [5, 5.41) is 0.333. The molecule has 0 saturated heterocycles. The highest BCUT2D eigenvalue weighted by Gasteiger charge is 2.13. The van der Waals surface area contributed by atoms with Crippen LogP contribution in [-0.2, 0) is 0 Å². The molecule has 0 aliphatic carbocycles. The maximum Gasteiger partial charge on any atom is 0.133 e. The number of benzene rings is 1. The van der Waals surface area contributed by atoms with E-state index in [4.69, 9.17) is 16.3 Å². The van der Waals surface area contributed by atoms with Crippen LogP contribution in [0.5, 0.6) is 5.75 Å².